The third-order valence-electron chi connectivity index (χ3n) is 3.21. The van der Waals surface area contributed by atoms with Crippen LogP contribution in [-0.2, 0) is 0 Å². The molecular formula is C15H11FN4O2. The van der Waals surface area contributed by atoms with Gasteiger partial charge >= 0.3 is 5.97 Å². The van der Waals surface area contributed by atoms with Crippen molar-refractivity contribution in [2.75, 3.05) is 0 Å². The first-order chi connectivity index (χ1) is 10.6. The predicted molar refractivity (Wildman–Crippen MR) is 76.2 cm³/mol. The first kappa shape index (κ1) is 13.9. The molecule has 0 aliphatic rings. The Morgan fingerprint density at radius 1 is 1.23 bits per heavy atom. The molecule has 3 rings (SSSR count). The fraction of sp³-hybridized carbons (Fsp3) is 0.0667. The van der Waals surface area contributed by atoms with Crippen LogP contribution in [0.4, 0.5) is 4.39 Å². The SMILES string of the molecule is Cc1cc(F)ccc1-n1nnc(C(=O)O)c1-c1ccncc1. The second-order valence-corrected chi connectivity index (χ2v) is 4.67. The van der Waals surface area contributed by atoms with Crippen molar-refractivity contribution in [1.29, 1.82) is 0 Å². The summed E-state index contributed by atoms with van der Waals surface area (Å²) in [7, 11) is 0. The van der Waals surface area contributed by atoms with Crippen molar-refractivity contribution >= 4 is 5.97 Å². The van der Waals surface area contributed by atoms with Gasteiger partial charge in [0, 0.05) is 18.0 Å². The fourth-order valence-corrected chi connectivity index (χ4v) is 2.22. The van der Waals surface area contributed by atoms with Gasteiger partial charge in [-0.2, -0.15) is 0 Å². The second-order valence-electron chi connectivity index (χ2n) is 4.67. The lowest BCUT2D eigenvalue weighted by Crippen LogP contribution is -2.04. The molecule has 0 unspecified atom stereocenters. The van der Waals surface area contributed by atoms with Crippen LogP contribution in [0.15, 0.2) is 42.7 Å². The predicted octanol–water partition coefficient (Wildman–Crippen LogP) is 2.48. The van der Waals surface area contributed by atoms with E-state index in [4.69, 9.17) is 0 Å². The number of carbonyl (C=O) groups is 1. The van der Waals surface area contributed by atoms with Crippen molar-refractivity contribution in [2.45, 2.75) is 6.92 Å². The molecule has 0 aliphatic heterocycles. The smallest absolute Gasteiger partial charge is 0.358 e. The summed E-state index contributed by atoms with van der Waals surface area (Å²) >= 11 is 0. The molecule has 0 saturated carbocycles. The van der Waals surface area contributed by atoms with Crippen molar-refractivity contribution in [2.24, 2.45) is 0 Å². The van der Waals surface area contributed by atoms with Gasteiger partial charge in [-0.25, -0.2) is 13.9 Å². The molecule has 22 heavy (non-hydrogen) atoms. The van der Waals surface area contributed by atoms with E-state index in [1.165, 1.54) is 22.9 Å². The number of aromatic nitrogens is 4. The van der Waals surface area contributed by atoms with E-state index in [9.17, 15) is 14.3 Å². The number of aryl methyl sites for hydroxylation is 1. The van der Waals surface area contributed by atoms with Gasteiger partial charge in [-0.3, -0.25) is 4.98 Å². The molecule has 0 atom stereocenters. The zero-order valence-corrected chi connectivity index (χ0v) is 11.6. The Kier molecular flexibility index (Phi) is 3.38. The molecule has 0 fully saturated rings. The van der Waals surface area contributed by atoms with Crippen LogP contribution in [0, 0.1) is 12.7 Å². The molecule has 7 heteroatoms. The molecule has 1 aromatic carbocycles. The van der Waals surface area contributed by atoms with Crippen LogP contribution in [0.25, 0.3) is 16.9 Å². The second kappa shape index (κ2) is 5.36. The Bertz CT molecular complexity index is 846. The van der Waals surface area contributed by atoms with Gasteiger partial charge in [-0.05, 0) is 42.8 Å². The maximum Gasteiger partial charge on any atom is 0.358 e. The molecule has 0 amide bonds. The molecule has 0 aliphatic carbocycles. The van der Waals surface area contributed by atoms with Crippen LogP contribution in [0.2, 0.25) is 0 Å². The molecule has 6 nitrogen and oxygen atoms in total. The Hall–Kier alpha value is -3.09. The van der Waals surface area contributed by atoms with Crippen molar-refractivity contribution in [3.63, 3.8) is 0 Å². The van der Waals surface area contributed by atoms with Crippen LogP contribution in [0.3, 0.4) is 0 Å². The minimum absolute atomic E-state index is 0.171. The third-order valence-corrected chi connectivity index (χ3v) is 3.21. The molecular weight excluding hydrogens is 287 g/mol. The molecule has 110 valence electrons. The first-order valence-electron chi connectivity index (χ1n) is 6.44. The number of hydrogen-bond acceptors (Lipinski definition) is 4. The number of hydrogen-bond donors (Lipinski definition) is 1. The van der Waals surface area contributed by atoms with Crippen LogP contribution >= 0.6 is 0 Å². The number of aromatic carboxylic acids is 1. The molecule has 0 spiro atoms. The average Bonchev–Trinajstić information content (AvgIpc) is 2.93. The number of carboxylic acid groups (broad SMARTS) is 1. The van der Waals surface area contributed by atoms with E-state index in [0.29, 0.717) is 22.5 Å². The van der Waals surface area contributed by atoms with E-state index >= 15 is 0 Å². The highest BCUT2D eigenvalue weighted by molar-refractivity contribution is 5.93. The topological polar surface area (TPSA) is 80.9 Å². The summed E-state index contributed by atoms with van der Waals surface area (Å²) < 4.78 is 14.7. The van der Waals surface area contributed by atoms with Gasteiger partial charge in [0.1, 0.15) is 11.5 Å². The van der Waals surface area contributed by atoms with Crippen molar-refractivity contribution in [3.05, 3.63) is 59.8 Å². The summed E-state index contributed by atoms with van der Waals surface area (Å²) in [4.78, 5) is 15.3. The lowest BCUT2D eigenvalue weighted by Gasteiger charge is -2.09. The molecule has 0 radical (unpaired) electrons. The molecule has 2 aromatic heterocycles. The van der Waals surface area contributed by atoms with Crippen LogP contribution < -0.4 is 0 Å². The number of pyridine rings is 1. The summed E-state index contributed by atoms with van der Waals surface area (Å²) in [5.41, 5.74) is 1.95. The van der Waals surface area contributed by atoms with Crippen LogP contribution in [-0.4, -0.2) is 31.1 Å². The van der Waals surface area contributed by atoms with Gasteiger partial charge in [0.25, 0.3) is 0 Å². The van der Waals surface area contributed by atoms with Gasteiger partial charge in [0.05, 0.1) is 5.69 Å². The van der Waals surface area contributed by atoms with E-state index in [1.807, 2.05) is 0 Å². The Morgan fingerprint density at radius 3 is 2.59 bits per heavy atom. The van der Waals surface area contributed by atoms with E-state index in [-0.39, 0.29) is 11.5 Å². The largest absolute Gasteiger partial charge is 0.476 e. The van der Waals surface area contributed by atoms with E-state index in [1.54, 1.807) is 31.5 Å². The molecule has 0 bridgehead atoms. The standard InChI is InChI=1S/C15H11FN4O2/c1-9-8-11(16)2-3-12(9)20-14(10-4-6-17-7-5-10)13(15(21)22)18-19-20/h2-8H,1H3,(H,21,22). The van der Waals surface area contributed by atoms with Gasteiger partial charge in [-0.1, -0.05) is 5.21 Å². The first-order valence-corrected chi connectivity index (χ1v) is 6.44. The minimum Gasteiger partial charge on any atom is -0.476 e. The Balaban J connectivity index is 2.27. The number of nitrogens with zero attached hydrogens (tertiary/aromatic N) is 4. The Morgan fingerprint density at radius 2 is 1.95 bits per heavy atom. The number of benzene rings is 1. The van der Waals surface area contributed by atoms with Crippen LogP contribution in [0.5, 0.6) is 0 Å². The van der Waals surface area contributed by atoms with Crippen LogP contribution in [0.1, 0.15) is 16.1 Å². The maximum atomic E-state index is 13.3. The monoisotopic (exact) mass is 298 g/mol. The third kappa shape index (κ3) is 2.32. The summed E-state index contributed by atoms with van der Waals surface area (Å²) in [6.45, 7) is 1.72. The molecule has 0 saturated heterocycles. The maximum absolute atomic E-state index is 13.3. The summed E-state index contributed by atoms with van der Waals surface area (Å²) in [5, 5.41) is 17.0. The lowest BCUT2D eigenvalue weighted by molar-refractivity contribution is 0.0691. The van der Waals surface area contributed by atoms with Gasteiger partial charge in [-0.15, -0.1) is 5.10 Å². The number of halogens is 1. The number of rotatable bonds is 3. The fourth-order valence-electron chi connectivity index (χ4n) is 2.22. The van der Waals surface area contributed by atoms with E-state index in [2.05, 4.69) is 15.3 Å². The summed E-state index contributed by atoms with van der Waals surface area (Å²) in [6.07, 6.45) is 3.10. The Labute approximate surface area is 124 Å². The van der Waals surface area contributed by atoms with Crippen molar-refractivity contribution in [3.8, 4) is 16.9 Å². The minimum atomic E-state index is -1.18. The summed E-state index contributed by atoms with van der Waals surface area (Å²) in [5.74, 6) is -1.55. The molecule has 1 N–H and O–H groups in total. The summed E-state index contributed by atoms with van der Waals surface area (Å²) in [6, 6.07) is 7.52. The normalized spacial score (nSPS) is 10.6. The molecule has 2 heterocycles. The van der Waals surface area contributed by atoms with Gasteiger partial charge in [0.15, 0.2) is 5.69 Å². The van der Waals surface area contributed by atoms with E-state index in [0.717, 1.165) is 0 Å². The van der Waals surface area contributed by atoms with Gasteiger partial charge < -0.3 is 5.11 Å². The quantitative estimate of drug-likeness (QED) is 0.803. The molecule has 3 aromatic rings. The lowest BCUT2D eigenvalue weighted by atomic mass is 10.1. The highest BCUT2D eigenvalue weighted by Crippen LogP contribution is 2.26. The van der Waals surface area contributed by atoms with E-state index < -0.39 is 5.97 Å². The zero-order valence-electron chi connectivity index (χ0n) is 11.6. The van der Waals surface area contributed by atoms with Crippen molar-refractivity contribution < 1.29 is 14.3 Å². The highest BCUT2D eigenvalue weighted by atomic mass is 19.1. The van der Waals surface area contributed by atoms with Crippen molar-refractivity contribution in [1.82, 2.24) is 20.0 Å². The zero-order chi connectivity index (χ0) is 15.7. The number of carboxylic acids is 1. The average molecular weight is 298 g/mol. The van der Waals surface area contributed by atoms with Gasteiger partial charge in [0.2, 0.25) is 0 Å². The highest BCUT2D eigenvalue weighted by Gasteiger charge is 2.22.